The van der Waals surface area contributed by atoms with Gasteiger partial charge in [0.1, 0.15) is 11.1 Å². The van der Waals surface area contributed by atoms with E-state index in [2.05, 4.69) is 0 Å². The zero-order chi connectivity index (χ0) is 13.0. The fourth-order valence-electron chi connectivity index (χ4n) is 1.96. The van der Waals surface area contributed by atoms with E-state index in [0.717, 1.165) is 11.3 Å². The first-order valence-corrected chi connectivity index (χ1v) is 6.85. The number of hydrogen-bond donors (Lipinski definition) is 0. The second-order valence-corrected chi connectivity index (χ2v) is 5.09. The van der Waals surface area contributed by atoms with E-state index in [1.165, 1.54) is 0 Å². The summed E-state index contributed by atoms with van der Waals surface area (Å²) < 4.78 is 10.3. The first-order chi connectivity index (χ1) is 8.76. The molecule has 0 aromatic heterocycles. The number of amides is 1. The SMILES string of the molecule is COCCN1C(=O)CSC1c1cccc(OC)c1. The van der Waals surface area contributed by atoms with Crippen LogP contribution in [0.5, 0.6) is 5.75 Å². The van der Waals surface area contributed by atoms with Crippen molar-refractivity contribution in [3.05, 3.63) is 29.8 Å². The van der Waals surface area contributed by atoms with E-state index < -0.39 is 0 Å². The number of benzene rings is 1. The van der Waals surface area contributed by atoms with Crippen LogP contribution in [0.2, 0.25) is 0 Å². The van der Waals surface area contributed by atoms with Gasteiger partial charge in [0.2, 0.25) is 5.91 Å². The van der Waals surface area contributed by atoms with Gasteiger partial charge in [-0.25, -0.2) is 0 Å². The summed E-state index contributed by atoms with van der Waals surface area (Å²) in [6, 6.07) is 7.87. The normalized spacial score (nSPS) is 19.3. The summed E-state index contributed by atoms with van der Waals surface area (Å²) in [6.07, 6.45) is 0. The van der Waals surface area contributed by atoms with Crippen molar-refractivity contribution in [1.82, 2.24) is 4.90 Å². The zero-order valence-electron chi connectivity index (χ0n) is 10.6. The molecule has 1 saturated heterocycles. The lowest BCUT2D eigenvalue weighted by Crippen LogP contribution is -2.31. The van der Waals surface area contributed by atoms with Gasteiger partial charge in [0.25, 0.3) is 0 Å². The summed E-state index contributed by atoms with van der Waals surface area (Å²) in [5.41, 5.74) is 1.10. The van der Waals surface area contributed by atoms with Gasteiger partial charge in [-0.15, -0.1) is 11.8 Å². The number of ether oxygens (including phenoxy) is 2. The highest BCUT2D eigenvalue weighted by molar-refractivity contribution is 8.00. The van der Waals surface area contributed by atoms with Gasteiger partial charge in [0.15, 0.2) is 0 Å². The van der Waals surface area contributed by atoms with Crippen molar-refractivity contribution in [2.45, 2.75) is 5.37 Å². The molecule has 1 amide bonds. The van der Waals surface area contributed by atoms with E-state index in [4.69, 9.17) is 9.47 Å². The van der Waals surface area contributed by atoms with Crippen molar-refractivity contribution < 1.29 is 14.3 Å². The van der Waals surface area contributed by atoms with E-state index in [0.29, 0.717) is 18.9 Å². The van der Waals surface area contributed by atoms with E-state index in [9.17, 15) is 4.79 Å². The van der Waals surface area contributed by atoms with Crippen LogP contribution in [-0.2, 0) is 9.53 Å². The molecule has 0 spiro atoms. The minimum Gasteiger partial charge on any atom is -0.497 e. The van der Waals surface area contributed by atoms with Crippen molar-refractivity contribution in [3.63, 3.8) is 0 Å². The van der Waals surface area contributed by atoms with Gasteiger partial charge in [-0.05, 0) is 17.7 Å². The smallest absolute Gasteiger partial charge is 0.233 e. The van der Waals surface area contributed by atoms with E-state index in [1.807, 2.05) is 29.2 Å². The molecule has 1 aliphatic heterocycles. The lowest BCUT2D eigenvalue weighted by atomic mass is 10.2. The number of methoxy groups -OCH3 is 2. The molecule has 0 bridgehead atoms. The van der Waals surface area contributed by atoms with Crippen LogP contribution in [0.15, 0.2) is 24.3 Å². The number of rotatable bonds is 5. The molecule has 98 valence electrons. The lowest BCUT2D eigenvalue weighted by molar-refractivity contribution is -0.128. The molecule has 1 aliphatic rings. The fourth-order valence-corrected chi connectivity index (χ4v) is 3.17. The van der Waals surface area contributed by atoms with Crippen molar-refractivity contribution in [1.29, 1.82) is 0 Å². The summed E-state index contributed by atoms with van der Waals surface area (Å²) in [5, 5.41) is 0.0720. The molecule has 0 saturated carbocycles. The zero-order valence-corrected chi connectivity index (χ0v) is 11.4. The number of thioether (sulfide) groups is 1. The number of carbonyl (C=O) groups excluding carboxylic acids is 1. The molecule has 0 radical (unpaired) electrons. The molecule has 1 unspecified atom stereocenters. The van der Waals surface area contributed by atoms with Crippen LogP contribution in [-0.4, -0.2) is 43.9 Å². The second-order valence-electron chi connectivity index (χ2n) is 4.02. The second kappa shape index (κ2) is 6.11. The maximum absolute atomic E-state index is 11.8. The Bertz CT molecular complexity index is 424. The van der Waals surface area contributed by atoms with Crippen LogP contribution in [0, 0.1) is 0 Å². The van der Waals surface area contributed by atoms with Gasteiger partial charge in [-0.1, -0.05) is 12.1 Å². The van der Waals surface area contributed by atoms with Gasteiger partial charge >= 0.3 is 0 Å². The van der Waals surface area contributed by atoms with Gasteiger partial charge < -0.3 is 14.4 Å². The van der Waals surface area contributed by atoms with Crippen molar-refractivity contribution in [2.75, 3.05) is 33.1 Å². The topological polar surface area (TPSA) is 38.8 Å². The van der Waals surface area contributed by atoms with Crippen LogP contribution < -0.4 is 4.74 Å². The first kappa shape index (κ1) is 13.2. The Hall–Kier alpha value is -1.20. The molecule has 0 N–H and O–H groups in total. The summed E-state index contributed by atoms with van der Waals surface area (Å²) >= 11 is 1.65. The van der Waals surface area contributed by atoms with Crippen LogP contribution in [0.4, 0.5) is 0 Å². The highest BCUT2D eigenvalue weighted by Gasteiger charge is 2.32. The summed E-state index contributed by atoms with van der Waals surface area (Å²) in [6.45, 7) is 1.19. The Labute approximate surface area is 111 Å². The molecule has 1 atom stereocenters. The van der Waals surface area contributed by atoms with Crippen LogP contribution in [0.1, 0.15) is 10.9 Å². The molecular weight excluding hydrogens is 250 g/mol. The lowest BCUT2D eigenvalue weighted by Gasteiger charge is -2.24. The fraction of sp³-hybridized carbons (Fsp3) is 0.462. The largest absolute Gasteiger partial charge is 0.497 e. The number of hydrogen-bond acceptors (Lipinski definition) is 4. The standard InChI is InChI=1S/C13H17NO3S/c1-16-7-6-14-12(15)9-18-13(14)10-4-3-5-11(8-10)17-2/h3-5,8,13H,6-7,9H2,1-2H3. The van der Waals surface area contributed by atoms with Crippen LogP contribution >= 0.6 is 11.8 Å². The molecule has 5 heteroatoms. The van der Waals surface area contributed by atoms with Crippen molar-refractivity contribution in [2.24, 2.45) is 0 Å². The first-order valence-electron chi connectivity index (χ1n) is 5.80. The number of carbonyl (C=O) groups is 1. The summed E-state index contributed by atoms with van der Waals surface area (Å²) in [5.74, 6) is 1.52. The van der Waals surface area contributed by atoms with Gasteiger partial charge in [-0.2, -0.15) is 0 Å². The molecule has 1 heterocycles. The molecule has 1 aromatic rings. The Morgan fingerprint density at radius 2 is 2.28 bits per heavy atom. The third-order valence-electron chi connectivity index (χ3n) is 2.88. The van der Waals surface area contributed by atoms with Crippen molar-refractivity contribution in [3.8, 4) is 5.75 Å². The minimum atomic E-state index is 0.0720. The number of nitrogens with zero attached hydrogens (tertiary/aromatic N) is 1. The molecular formula is C13H17NO3S. The Kier molecular flexibility index (Phi) is 4.49. The Morgan fingerprint density at radius 3 is 3.00 bits per heavy atom. The minimum absolute atomic E-state index is 0.0720. The van der Waals surface area contributed by atoms with Gasteiger partial charge in [0, 0.05) is 13.7 Å². The third-order valence-corrected chi connectivity index (χ3v) is 4.14. The average Bonchev–Trinajstić information content (AvgIpc) is 2.77. The van der Waals surface area contributed by atoms with Crippen molar-refractivity contribution >= 4 is 17.7 Å². The molecule has 0 aliphatic carbocycles. The molecule has 1 aromatic carbocycles. The molecule has 1 fully saturated rings. The molecule has 4 nitrogen and oxygen atoms in total. The maximum atomic E-state index is 11.8. The Balaban J connectivity index is 2.17. The highest BCUT2D eigenvalue weighted by Crippen LogP contribution is 2.39. The van der Waals surface area contributed by atoms with E-state index in [-0.39, 0.29) is 11.3 Å². The highest BCUT2D eigenvalue weighted by atomic mass is 32.2. The van der Waals surface area contributed by atoms with Gasteiger partial charge in [0.05, 0.1) is 19.5 Å². The van der Waals surface area contributed by atoms with Crippen LogP contribution in [0.25, 0.3) is 0 Å². The average molecular weight is 267 g/mol. The molecule has 18 heavy (non-hydrogen) atoms. The summed E-state index contributed by atoms with van der Waals surface area (Å²) in [4.78, 5) is 13.7. The van der Waals surface area contributed by atoms with Gasteiger partial charge in [-0.3, -0.25) is 4.79 Å². The molecule has 2 rings (SSSR count). The predicted molar refractivity (Wildman–Crippen MR) is 71.8 cm³/mol. The van der Waals surface area contributed by atoms with E-state index in [1.54, 1.807) is 26.0 Å². The summed E-state index contributed by atoms with van der Waals surface area (Å²) in [7, 11) is 3.29. The van der Waals surface area contributed by atoms with Crippen LogP contribution in [0.3, 0.4) is 0 Å². The third kappa shape index (κ3) is 2.79. The Morgan fingerprint density at radius 1 is 1.44 bits per heavy atom. The maximum Gasteiger partial charge on any atom is 0.233 e. The predicted octanol–water partition coefficient (Wildman–Crippen LogP) is 1.92. The quantitative estimate of drug-likeness (QED) is 0.817. The van der Waals surface area contributed by atoms with E-state index >= 15 is 0 Å². The monoisotopic (exact) mass is 267 g/mol.